The lowest BCUT2D eigenvalue weighted by Gasteiger charge is -2.23. The van der Waals surface area contributed by atoms with Crippen molar-refractivity contribution in [1.29, 1.82) is 0 Å². The summed E-state index contributed by atoms with van der Waals surface area (Å²) in [6.45, 7) is 14.5. The predicted molar refractivity (Wildman–Crippen MR) is 81.8 cm³/mol. The lowest BCUT2D eigenvalue weighted by molar-refractivity contribution is 0.0939. The number of hydrogen-bond acceptors (Lipinski definition) is 2. The molecule has 19 heavy (non-hydrogen) atoms. The molecule has 2 heteroatoms. The highest BCUT2D eigenvalue weighted by atomic mass is 16.1. The first-order chi connectivity index (χ1) is 8.55. The molecule has 0 amide bonds. The molecule has 0 saturated carbocycles. The Morgan fingerprint density at radius 3 is 1.84 bits per heavy atom. The largest absolute Gasteiger partial charge is 0.321 e. The minimum atomic E-state index is -0.419. The highest BCUT2D eigenvalue weighted by Crippen LogP contribution is 2.27. The number of carbonyl (C=O) groups is 1. The van der Waals surface area contributed by atoms with E-state index in [2.05, 4.69) is 32.9 Å². The highest BCUT2D eigenvalue weighted by Gasteiger charge is 2.24. The van der Waals surface area contributed by atoms with Gasteiger partial charge in [-0.15, -0.1) is 0 Å². The van der Waals surface area contributed by atoms with E-state index in [1.807, 2.05) is 27.7 Å². The Morgan fingerprint density at radius 1 is 1.11 bits per heavy atom. The zero-order valence-electron chi connectivity index (χ0n) is 13.3. The SMILES string of the molecule is Cc1cc(C(C)(C)C)cc(C)c1C(=O)C(N)C(C)C. The van der Waals surface area contributed by atoms with Gasteiger partial charge >= 0.3 is 0 Å². The summed E-state index contributed by atoms with van der Waals surface area (Å²) in [5.74, 6) is 0.221. The van der Waals surface area contributed by atoms with Gasteiger partial charge < -0.3 is 5.73 Å². The van der Waals surface area contributed by atoms with Crippen LogP contribution in [0.5, 0.6) is 0 Å². The molecule has 106 valence electrons. The Balaban J connectivity index is 3.29. The second-order valence-corrected chi connectivity index (χ2v) is 6.87. The van der Waals surface area contributed by atoms with Crippen molar-refractivity contribution in [1.82, 2.24) is 0 Å². The maximum Gasteiger partial charge on any atom is 0.180 e. The zero-order valence-corrected chi connectivity index (χ0v) is 13.3. The van der Waals surface area contributed by atoms with Gasteiger partial charge in [-0.05, 0) is 41.9 Å². The van der Waals surface area contributed by atoms with E-state index in [-0.39, 0.29) is 17.1 Å². The molecule has 0 fully saturated rings. The van der Waals surface area contributed by atoms with E-state index in [0.717, 1.165) is 16.7 Å². The van der Waals surface area contributed by atoms with Crippen LogP contribution >= 0.6 is 0 Å². The molecule has 1 atom stereocenters. The van der Waals surface area contributed by atoms with E-state index in [9.17, 15) is 4.79 Å². The van der Waals surface area contributed by atoms with Crippen molar-refractivity contribution in [3.8, 4) is 0 Å². The number of carbonyl (C=O) groups excluding carboxylic acids is 1. The molecule has 0 spiro atoms. The minimum absolute atomic E-state index is 0.0606. The van der Waals surface area contributed by atoms with Gasteiger partial charge in [-0.1, -0.05) is 46.8 Å². The van der Waals surface area contributed by atoms with E-state index in [4.69, 9.17) is 5.73 Å². The molecule has 0 aliphatic carbocycles. The van der Waals surface area contributed by atoms with Crippen LogP contribution in [0, 0.1) is 19.8 Å². The molecule has 0 aliphatic rings. The number of benzene rings is 1. The van der Waals surface area contributed by atoms with Gasteiger partial charge in [0.1, 0.15) is 0 Å². The van der Waals surface area contributed by atoms with E-state index in [1.165, 1.54) is 5.56 Å². The van der Waals surface area contributed by atoms with Crippen molar-refractivity contribution >= 4 is 5.78 Å². The Kier molecular flexibility index (Phi) is 4.57. The fourth-order valence-electron chi connectivity index (χ4n) is 2.25. The molecule has 0 radical (unpaired) electrons. The molecular formula is C17H27NO. The quantitative estimate of drug-likeness (QED) is 0.842. The molecule has 0 saturated heterocycles. The summed E-state index contributed by atoms with van der Waals surface area (Å²) in [7, 11) is 0. The Bertz CT molecular complexity index is 458. The zero-order chi connectivity index (χ0) is 15.0. The Hall–Kier alpha value is -1.15. The summed E-state index contributed by atoms with van der Waals surface area (Å²) in [5, 5.41) is 0. The maximum absolute atomic E-state index is 12.5. The number of ketones is 1. The van der Waals surface area contributed by atoms with Crippen LogP contribution in [-0.4, -0.2) is 11.8 Å². The first-order valence-electron chi connectivity index (χ1n) is 6.97. The van der Waals surface area contributed by atoms with Crippen LogP contribution in [0.3, 0.4) is 0 Å². The van der Waals surface area contributed by atoms with E-state index >= 15 is 0 Å². The summed E-state index contributed by atoms with van der Waals surface area (Å²) in [6.07, 6.45) is 0. The molecular weight excluding hydrogens is 234 g/mol. The lowest BCUT2D eigenvalue weighted by atomic mass is 9.82. The van der Waals surface area contributed by atoms with Crippen LogP contribution in [0.25, 0.3) is 0 Å². The van der Waals surface area contributed by atoms with Gasteiger partial charge in [0.15, 0.2) is 5.78 Å². The Morgan fingerprint density at radius 2 is 1.53 bits per heavy atom. The van der Waals surface area contributed by atoms with Gasteiger partial charge in [0.25, 0.3) is 0 Å². The van der Waals surface area contributed by atoms with Crippen LogP contribution in [0.4, 0.5) is 0 Å². The van der Waals surface area contributed by atoms with Crippen molar-refractivity contribution in [3.63, 3.8) is 0 Å². The molecule has 0 bridgehead atoms. The van der Waals surface area contributed by atoms with E-state index < -0.39 is 6.04 Å². The number of hydrogen-bond donors (Lipinski definition) is 1. The van der Waals surface area contributed by atoms with Gasteiger partial charge in [0.05, 0.1) is 6.04 Å². The monoisotopic (exact) mass is 261 g/mol. The molecule has 1 unspecified atom stereocenters. The molecule has 0 heterocycles. The van der Waals surface area contributed by atoms with Crippen molar-refractivity contribution in [3.05, 3.63) is 34.4 Å². The van der Waals surface area contributed by atoms with Gasteiger partial charge in [0.2, 0.25) is 0 Å². The molecule has 0 aromatic heterocycles. The molecule has 0 aliphatic heterocycles. The molecule has 2 nitrogen and oxygen atoms in total. The van der Waals surface area contributed by atoms with Crippen LogP contribution in [-0.2, 0) is 5.41 Å². The molecule has 1 aromatic rings. The highest BCUT2D eigenvalue weighted by molar-refractivity contribution is 6.02. The molecule has 1 rings (SSSR count). The third kappa shape index (κ3) is 3.44. The topological polar surface area (TPSA) is 43.1 Å². The van der Waals surface area contributed by atoms with Crippen molar-refractivity contribution in [2.45, 2.75) is 59.9 Å². The van der Waals surface area contributed by atoms with Crippen LogP contribution in [0.2, 0.25) is 0 Å². The van der Waals surface area contributed by atoms with Gasteiger partial charge in [-0.25, -0.2) is 0 Å². The van der Waals surface area contributed by atoms with Gasteiger partial charge in [-0.2, -0.15) is 0 Å². The Labute approximate surface area is 117 Å². The van der Waals surface area contributed by atoms with E-state index in [0.29, 0.717) is 0 Å². The predicted octanol–water partition coefficient (Wildman–Crippen LogP) is 3.77. The van der Waals surface area contributed by atoms with Crippen molar-refractivity contribution in [2.75, 3.05) is 0 Å². The smallest absolute Gasteiger partial charge is 0.180 e. The van der Waals surface area contributed by atoms with Crippen molar-refractivity contribution < 1.29 is 4.79 Å². The summed E-state index contributed by atoms with van der Waals surface area (Å²) in [5.41, 5.74) is 10.2. The first kappa shape index (κ1) is 15.9. The van der Waals surface area contributed by atoms with E-state index in [1.54, 1.807) is 0 Å². The minimum Gasteiger partial charge on any atom is -0.321 e. The van der Waals surface area contributed by atoms with Crippen LogP contribution < -0.4 is 5.73 Å². The van der Waals surface area contributed by atoms with Crippen molar-refractivity contribution in [2.24, 2.45) is 11.7 Å². The summed E-state index contributed by atoms with van der Waals surface area (Å²) < 4.78 is 0. The second kappa shape index (κ2) is 5.46. The van der Waals surface area contributed by atoms with Crippen LogP contribution in [0.1, 0.15) is 61.7 Å². The maximum atomic E-state index is 12.5. The normalized spacial score (nSPS) is 13.7. The fourth-order valence-corrected chi connectivity index (χ4v) is 2.25. The number of nitrogens with two attached hydrogens (primary N) is 1. The summed E-state index contributed by atoms with van der Waals surface area (Å²) in [4.78, 5) is 12.5. The fraction of sp³-hybridized carbons (Fsp3) is 0.588. The van der Waals surface area contributed by atoms with Crippen LogP contribution in [0.15, 0.2) is 12.1 Å². The number of rotatable bonds is 3. The molecule has 2 N–H and O–H groups in total. The second-order valence-electron chi connectivity index (χ2n) is 6.87. The third-order valence-corrected chi connectivity index (χ3v) is 3.67. The number of Topliss-reactive ketones (excluding diaryl/α,β-unsaturated/α-hetero) is 1. The van der Waals surface area contributed by atoms with Gasteiger partial charge in [-0.3, -0.25) is 4.79 Å². The summed E-state index contributed by atoms with van der Waals surface area (Å²) in [6, 6.07) is 3.82. The average Bonchev–Trinajstić information content (AvgIpc) is 2.25. The third-order valence-electron chi connectivity index (χ3n) is 3.67. The average molecular weight is 261 g/mol. The number of aryl methyl sites for hydroxylation is 2. The standard InChI is InChI=1S/C17H27NO/c1-10(2)15(18)16(19)14-11(3)8-13(9-12(14)4)17(5,6)7/h8-10,15H,18H2,1-7H3. The molecule has 1 aromatic carbocycles. The van der Waals surface area contributed by atoms with Gasteiger partial charge in [0, 0.05) is 5.56 Å². The summed E-state index contributed by atoms with van der Waals surface area (Å²) >= 11 is 0. The lowest BCUT2D eigenvalue weighted by Crippen LogP contribution is -2.36. The first-order valence-corrected chi connectivity index (χ1v) is 6.97.